The number of aliphatic hydroxyl groups is 3. The van der Waals surface area contributed by atoms with E-state index in [2.05, 4.69) is 10.3 Å². The highest BCUT2D eigenvalue weighted by Crippen LogP contribution is 2.61. The van der Waals surface area contributed by atoms with Crippen molar-refractivity contribution in [3.8, 4) is 0 Å². The van der Waals surface area contributed by atoms with Gasteiger partial charge in [-0.05, 0) is 13.8 Å². The summed E-state index contributed by atoms with van der Waals surface area (Å²) >= 11 is 0. The van der Waals surface area contributed by atoms with Gasteiger partial charge in [-0.2, -0.15) is 0 Å². The van der Waals surface area contributed by atoms with Gasteiger partial charge in [0.1, 0.15) is 23.9 Å². The van der Waals surface area contributed by atoms with Gasteiger partial charge in [0.25, 0.3) is 0 Å². The van der Waals surface area contributed by atoms with Crippen LogP contribution >= 0.6 is 0 Å². The topological polar surface area (TPSA) is 157 Å². The van der Waals surface area contributed by atoms with Crippen LogP contribution in [0.25, 0.3) is 0 Å². The van der Waals surface area contributed by atoms with E-state index in [1.807, 2.05) is 0 Å². The molecule has 6 rings (SSSR count). The third-order valence-corrected chi connectivity index (χ3v) is 6.25. The molecule has 2 spiro atoms. The van der Waals surface area contributed by atoms with Crippen LogP contribution < -0.4 is 11.1 Å². The summed E-state index contributed by atoms with van der Waals surface area (Å²) in [6.45, 7) is 3.55. The number of rotatable bonds is 1. The van der Waals surface area contributed by atoms with Crippen LogP contribution in [-0.4, -0.2) is 88.5 Å². The van der Waals surface area contributed by atoms with Gasteiger partial charge in [-0.3, -0.25) is 0 Å². The van der Waals surface area contributed by atoms with E-state index in [-0.39, 0.29) is 12.6 Å². The number of nitrogens with one attached hydrogen (secondary N) is 1. The lowest BCUT2D eigenvalue weighted by Gasteiger charge is -2.71. The molecule has 0 aromatic rings. The zero-order valence-corrected chi connectivity index (χ0v) is 14.6. The minimum absolute atomic E-state index is 0.0188. The smallest absolute Gasteiger partial charge is 0.311 e. The highest BCUT2D eigenvalue weighted by Gasteiger charge is 2.85. The molecule has 5 aliphatic heterocycles. The first kappa shape index (κ1) is 17.1. The summed E-state index contributed by atoms with van der Waals surface area (Å²) in [6.07, 6.45) is -5.63. The molecule has 9 atom stereocenters. The Bertz CT molecular complexity index is 690. The monoisotopic (exact) mass is 373 g/mol. The predicted molar refractivity (Wildman–Crippen MR) is 82.3 cm³/mol. The van der Waals surface area contributed by atoms with E-state index in [9.17, 15) is 15.3 Å². The van der Waals surface area contributed by atoms with Crippen LogP contribution in [0.15, 0.2) is 4.99 Å². The molecule has 4 saturated heterocycles. The van der Waals surface area contributed by atoms with Gasteiger partial charge in [0, 0.05) is 7.11 Å². The number of aliphatic hydroxyl groups excluding tert-OH is 2. The van der Waals surface area contributed by atoms with Crippen molar-refractivity contribution in [1.82, 2.24) is 5.32 Å². The lowest BCUT2D eigenvalue weighted by molar-refractivity contribution is -0.547. The van der Waals surface area contributed by atoms with E-state index < -0.39 is 59.5 Å². The van der Waals surface area contributed by atoms with E-state index in [0.29, 0.717) is 0 Å². The Labute approximate surface area is 149 Å². The van der Waals surface area contributed by atoms with E-state index in [1.165, 1.54) is 7.11 Å². The highest BCUT2D eigenvalue weighted by atomic mass is 16.9. The van der Waals surface area contributed by atoms with Gasteiger partial charge in [-0.25, -0.2) is 4.99 Å². The molecule has 6 aliphatic rings. The summed E-state index contributed by atoms with van der Waals surface area (Å²) < 4.78 is 28.7. The largest absolute Gasteiger partial charge is 0.388 e. The summed E-state index contributed by atoms with van der Waals surface area (Å²) in [6, 6.07) is 0. The van der Waals surface area contributed by atoms with E-state index in [1.54, 1.807) is 13.8 Å². The normalized spacial score (nSPS) is 59.2. The molecule has 0 amide bonds. The first-order valence-electron chi connectivity index (χ1n) is 8.52. The Morgan fingerprint density at radius 2 is 1.96 bits per heavy atom. The fourth-order valence-electron chi connectivity index (χ4n) is 5.30. The molecule has 0 aromatic carbocycles. The number of nitrogens with zero attached hydrogens (tertiary/aromatic N) is 1. The number of ether oxygens (including phenoxy) is 5. The standard InChI is InChI=1S/C15H23N3O8/c1-12(2)23-4-13(26-12)7-5-9(22-3)17-11(16)18-14(5)6(19)8(13)25-15(21,24-7)10(14)20/h5-10,19-21H,4H2,1-3H3,(H3,16,17,18)/t5?,6-,7?,8?,9?,10-,13?,14?,15?/m0/s1. The fourth-order valence-corrected chi connectivity index (χ4v) is 5.30. The molecule has 1 aliphatic carbocycles. The SMILES string of the molecule is COC1N=C(N)NC23C1C1OC(O)(OC([C@@H]2O)C12COC(C)(C)O2)[C@H]3O. The van der Waals surface area contributed by atoms with Gasteiger partial charge in [0.05, 0.1) is 12.5 Å². The van der Waals surface area contributed by atoms with Crippen LogP contribution in [0.2, 0.25) is 0 Å². The third-order valence-electron chi connectivity index (χ3n) is 6.25. The van der Waals surface area contributed by atoms with Crippen molar-refractivity contribution < 1.29 is 39.0 Å². The number of methoxy groups -OCH3 is 1. The maximum absolute atomic E-state index is 11.2. The van der Waals surface area contributed by atoms with Crippen LogP contribution in [0.1, 0.15) is 13.8 Å². The number of nitrogens with two attached hydrogens (primary N) is 1. The minimum atomic E-state index is -2.32. The Hall–Kier alpha value is -1.05. The van der Waals surface area contributed by atoms with Crippen molar-refractivity contribution in [3.63, 3.8) is 0 Å². The molecular weight excluding hydrogens is 350 g/mol. The molecule has 7 unspecified atom stereocenters. The van der Waals surface area contributed by atoms with E-state index >= 15 is 0 Å². The molecule has 26 heavy (non-hydrogen) atoms. The van der Waals surface area contributed by atoms with Crippen LogP contribution in [-0.2, 0) is 23.7 Å². The van der Waals surface area contributed by atoms with Crippen molar-refractivity contribution >= 4 is 5.96 Å². The second-order valence-electron chi connectivity index (χ2n) is 8.02. The molecule has 146 valence electrons. The molecule has 1 saturated carbocycles. The molecule has 0 aromatic heterocycles. The summed E-state index contributed by atoms with van der Waals surface area (Å²) in [7, 11) is 1.44. The summed E-state index contributed by atoms with van der Waals surface area (Å²) in [5, 5.41) is 35.7. The van der Waals surface area contributed by atoms with Gasteiger partial charge in [0.15, 0.2) is 29.7 Å². The van der Waals surface area contributed by atoms with Crippen molar-refractivity contribution in [2.45, 2.75) is 67.4 Å². The molecule has 5 heterocycles. The number of hydrogen-bond donors (Lipinski definition) is 5. The number of guanidine groups is 1. The maximum atomic E-state index is 11.2. The zero-order valence-electron chi connectivity index (χ0n) is 14.6. The summed E-state index contributed by atoms with van der Waals surface area (Å²) in [5.41, 5.74) is 3.19. The molecule has 5 fully saturated rings. The Balaban J connectivity index is 1.71. The van der Waals surface area contributed by atoms with Crippen molar-refractivity contribution in [2.24, 2.45) is 16.6 Å². The minimum Gasteiger partial charge on any atom is -0.388 e. The van der Waals surface area contributed by atoms with E-state index in [4.69, 9.17) is 29.4 Å². The molecule has 0 radical (unpaired) electrons. The molecule has 11 nitrogen and oxygen atoms in total. The van der Waals surface area contributed by atoms with Crippen molar-refractivity contribution in [1.29, 1.82) is 0 Å². The number of hydrogen-bond acceptors (Lipinski definition) is 11. The summed E-state index contributed by atoms with van der Waals surface area (Å²) in [5.74, 6) is -4.00. The number of aliphatic imine (C=N–C) groups is 1. The second-order valence-corrected chi connectivity index (χ2v) is 8.02. The second kappa shape index (κ2) is 4.67. The van der Waals surface area contributed by atoms with Crippen LogP contribution in [0, 0.1) is 5.92 Å². The molecule has 11 heteroatoms. The van der Waals surface area contributed by atoms with Crippen molar-refractivity contribution in [3.05, 3.63) is 0 Å². The van der Waals surface area contributed by atoms with Gasteiger partial charge >= 0.3 is 5.97 Å². The van der Waals surface area contributed by atoms with Crippen LogP contribution in [0.5, 0.6) is 0 Å². The van der Waals surface area contributed by atoms with E-state index in [0.717, 1.165) is 0 Å². The van der Waals surface area contributed by atoms with Crippen LogP contribution in [0.4, 0.5) is 0 Å². The van der Waals surface area contributed by atoms with Gasteiger partial charge < -0.3 is 50.1 Å². The fraction of sp³-hybridized carbons (Fsp3) is 0.933. The lowest BCUT2D eigenvalue weighted by atomic mass is 9.55. The third kappa shape index (κ3) is 1.69. The van der Waals surface area contributed by atoms with Crippen molar-refractivity contribution in [2.75, 3.05) is 13.7 Å². The molecule has 4 bridgehead atoms. The van der Waals surface area contributed by atoms with Crippen LogP contribution in [0.3, 0.4) is 0 Å². The molecular formula is C15H23N3O8. The Kier molecular flexibility index (Phi) is 3.07. The first-order chi connectivity index (χ1) is 12.1. The summed E-state index contributed by atoms with van der Waals surface area (Å²) in [4.78, 5) is 4.22. The average molecular weight is 373 g/mol. The predicted octanol–water partition coefficient (Wildman–Crippen LogP) is -3.07. The average Bonchev–Trinajstić information content (AvgIpc) is 2.89. The highest BCUT2D eigenvalue weighted by molar-refractivity contribution is 5.80. The molecule has 6 N–H and O–H groups in total. The first-order valence-corrected chi connectivity index (χ1v) is 8.52. The zero-order chi connectivity index (χ0) is 18.7. The van der Waals surface area contributed by atoms with Gasteiger partial charge in [0.2, 0.25) is 0 Å². The Morgan fingerprint density at radius 1 is 1.27 bits per heavy atom. The maximum Gasteiger partial charge on any atom is 0.311 e. The van der Waals surface area contributed by atoms with Gasteiger partial charge in [-0.15, -0.1) is 0 Å². The quantitative estimate of drug-likeness (QED) is 0.319. The lowest BCUT2D eigenvalue weighted by Crippen LogP contribution is -2.95. The Morgan fingerprint density at radius 3 is 2.58 bits per heavy atom. The van der Waals surface area contributed by atoms with Gasteiger partial charge in [-0.1, -0.05) is 0 Å².